The Bertz CT molecular complexity index is 626. The van der Waals surface area contributed by atoms with E-state index < -0.39 is 11.9 Å². The second-order valence-corrected chi connectivity index (χ2v) is 4.62. The Hall–Kier alpha value is -1.65. The third kappa shape index (κ3) is 3.03. The second-order valence-electron chi connectivity index (χ2n) is 3.81. The Labute approximate surface area is 118 Å². The number of hydrogen-bond donors (Lipinski definition) is 1. The Morgan fingerprint density at radius 1 is 1.21 bits per heavy atom. The van der Waals surface area contributed by atoms with Gasteiger partial charge >= 0.3 is 5.97 Å². The van der Waals surface area contributed by atoms with Gasteiger partial charge in [-0.3, -0.25) is 4.79 Å². The van der Waals surface area contributed by atoms with Crippen molar-refractivity contribution >= 4 is 29.2 Å². The highest BCUT2D eigenvalue weighted by atomic mass is 35.5. The second kappa shape index (κ2) is 5.55. The summed E-state index contributed by atoms with van der Waals surface area (Å²) in [7, 11) is 0. The quantitative estimate of drug-likeness (QED) is 0.877. The van der Waals surface area contributed by atoms with Crippen molar-refractivity contribution in [3.05, 3.63) is 52.0 Å². The van der Waals surface area contributed by atoms with Gasteiger partial charge in [0.25, 0.3) is 0 Å². The molecule has 2 rings (SSSR count). The van der Waals surface area contributed by atoms with E-state index in [1.165, 1.54) is 12.1 Å². The zero-order chi connectivity index (χ0) is 14.0. The SMILES string of the molecule is O=C(O)Cc1ccc(-c2c(Cl)cccc2Cl)c(F)n1. The number of carboxylic acids is 1. The molecule has 0 amide bonds. The Morgan fingerprint density at radius 3 is 2.37 bits per heavy atom. The first-order valence-corrected chi connectivity index (χ1v) is 6.06. The average molecular weight is 300 g/mol. The molecule has 2 aromatic rings. The lowest BCUT2D eigenvalue weighted by Crippen LogP contribution is -2.04. The summed E-state index contributed by atoms with van der Waals surface area (Å²) in [5.74, 6) is -1.87. The van der Waals surface area contributed by atoms with Gasteiger partial charge in [-0.1, -0.05) is 29.3 Å². The molecule has 0 aliphatic heterocycles. The van der Waals surface area contributed by atoms with Gasteiger partial charge in [0, 0.05) is 11.1 Å². The summed E-state index contributed by atoms with van der Waals surface area (Å²) in [4.78, 5) is 14.1. The normalized spacial score (nSPS) is 10.5. The molecule has 1 aromatic carbocycles. The van der Waals surface area contributed by atoms with Crippen molar-refractivity contribution in [3.63, 3.8) is 0 Å². The van der Waals surface area contributed by atoms with Crippen LogP contribution in [0.25, 0.3) is 11.1 Å². The van der Waals surface area contributed by atoms with E-state index in [1.54, 1.807) is 18.2 Å². The average Bonchev–Trinajstić information content (AvgIpc) is 2.30. The van der Waals surface area contributed by atoms with E-state index in [4.69, 9.17) is 28.3 Å². The molecule has 0 radical (unpaired) electrons. The van der Waals surface area contributed by atoms with Gasteiger partial charge in [-0.05, 0) is 24.3 Å². The van der Waals surface area contributed by atoms with Gasteiger partial charge < -0.3 is 5.11 Å². The predicted molar refractivity (Wildman–Crippen MR) is 71.0 cm³/mol. The van der Waals surface area contributed by atoms with Crippen LogP contribution in [0.3, 0.4) is 0 Å². The fraction of sp³-hybridized carbons (Fsp3) is 0.0769. The molecule has 0 bridgehead atoms. The lowest BCUT2D eigenvalue weighted by molar-refractivity contribution is -0.136. The number of aliphatic carboxylic acids is 1. The smallest absolute Gasteiger partial charge is 0.309 e. The van der Waals surface area contributed by atoms with Gasteiger partial charge in [0.05, 0.1) is 22.2 Å². The predicted octanol–water partition coefficient (Wildman–Crippen LogP) is 3.82. The number of carbonyl (C=O) groups is 1. The number of hydrogen-bond acceptors (Lipinski definition) is 2. The molecule has 98 valence electrons. The molecule has 0 aliphatic rings. The highest BCUT2D eigenvalue weighted by Gasteiger charge is 2.15. The van der Waals surface area contributed by atoms with Crippen LogP contribution in [0.4, 0.5) is 4.39 Å². The summed E-state index contributed by atoms with van der Waals surface area (Å²) in [6.45, 7) is 0. The maximum Gasteiger partial charge on any atom is 0.309 e. The van der Waals surface area contributed by atoms with Crippen LogP contribution in [0.15, 0.2) is 30.3 Å². The summed E-state index contributed by atoms with van der Waals surface area (Å²) in [6, 6.07) is 7.69. The van der Waals surface area contributed by atoms with Crippen LogP contribution in [0.1, 0.15) is 5.69 Å². The minimum absolute atomic E-state index is 0.136. The first kappa shape index (κ1) is 13.8. The topological polar surface area (TPSA) is 50.2 Å². The van der Waals surface area contributed by atoms with E-state index in [-0.39, 0.29) is 17.7 Å². The maximum absolute atomic E-state index is 13.9. The molecule has 0 spiro atoms. The molecule has 0 atom stereocenters. The number of pyridine rings is 1. The molecule has 1 heterocycles. The fourth-order valence-electron chi connectivity index (χ4n) is 1.67. The molecule has 0 saturated heterocycles. The van der Waals surface area contributed by atoms with Crippen molar-refractivity contribution in [1.82, 2.24) is 4.98 Å². The van der Waals surface area contributed by atoms with Crippen LogP contribution in [-0.2, 0) is 11.2 Å². The van der Waals surface area contributed by atoms with E-state index in [9.17, 15) is 9.18 Å². The summed E-state index contributed by atoms with van der Waals surface area (Å²) < 4.78 is 13.9. The number of rotatable bonds is 3. The van der Waals surface area contributed by atoms with Crippen molar-refractivity contribution in [2.45, 2.75) is 6.42 Å². The lowest BCUT2D eigenvalue weighted by Gasteiger charge is -2.08. The van der Waals surface area contributed by atoms with Gasteiger partial charge in [0.1, 0.15) is 0 Å². The molecule has 6 heteroatoms. The largest absolute Gasteiger partial charge is 0.481 e. The molecular formula is C13H8Cl2FNO2. The molecule has 3 nitrogen and oxygen atoms in total. The summed E-state index contributed by atoms with van der Waals surface area (Å²) in [5, 5.41) is 9.24. The zero-order valence-electron chi connectivity index (χ0n) is 9.53. The Kier molecular flexibility index (Phi) is 4.02. The van der Waals surface area contributed by atoms with Crippen molar-refractivity contribution in [1.29, 1.82) is 0 Å². The molecule has 0 saturated carbocycles. The van der Waals surface area contributed by atoms with Gasteiger partial charge in [-0.25, -0.2) is 4.98 Å². The highest BCUT2D eigenvalue weighted by molar-refractivity contribution is 6.39. The molecular weight excluding hydrogens is 292 g/mol. The van der Waals surface area contributed by atoms with Gasteiger partial charge in [0.2, 0.25) is 5.95 Å². The molecule has 0 aliphatic carbocycles. The van der Waals surface area contributed by atoms with E-state index in [0.717, 1.165) is 0 Å². The zero-order valence-corrected chi connectivity index (χ0v) is 11.0. The van der Waals surface area contributed by atoms with Crippen molar-refractivity contribution in [3.8, 4) is 11.1 Å². The monoisotopic (exact) mass is 299 g/mol. The van der Waals surface area contributed by atoms with Crippen molar-refractivity contribution < 1.29 is 14.3 Å². The Balaban J connectivity index is 2.49. The van der Waals surface area contributed by atoms with Crippen LogP contribution < -0.4 is 0 Å². The molecule has 1 aromatic heterocycles. The van der Waals surface area contributed by atoms with Gasteiger partial charge in [0.15, 0.2) is 0 Å². The van der Waals surface area contributed by atoms with Gasteiger partial charge in [-0.15, -0.1) is 0 Å². The van der Waals surface area contributed by atoms with E-state index in [0.29, 0.717) is 15.6 Å². The van der Waals surface area contributed by atoms with E-state index >= 15 is 0 Å². The van der Waals surface area contributed by atoms with Crippen LogP contribution in [0, 0.1) is 5.95 Å². The molecule has 0 fully saturated rings. The number of aromatic nitrogens is 1. The standard InChI is InChI=1S/C13H8Cl2FNO2/c14-9-2-1-3-10(15)12(9)8-5-4-7(6-11(18)19)17-13(8)16/h1-5H,6H2,(H,18,19). The Morgan fingerprint density at radius 2 is 1.84 bits per heavy atom. The van der Waals surface area contributed by atoms with Crippen LogP contribution >= 0.6 is 23.2 Å². The minimum atomic E-state index is -1.07. The lowest BCUT2D eigenvalue weighted by atomic mass is 10.1. The number of benzene rings is 1. The van der Waals surface area contributed by atoms with Gasteiger partial charge in [-0.2, -0.15) is 4.39 Å². The first-order valence-electron chi connectivity index (χ1n) is 5.30. The number of nitrogens with zero attached hydrogens (tertiary/aromatic N) is 1. The summed E-state index contributed by atoms with van der Waals surface area (Å²) in [6.07, 6.45) is -0.340. The van der Waals surface area contributed by atoms with Crippen LogP contribution in [-0.4, -0.2) is 16.1 Å². The summed E-state index contributed by atoms with van der Waals surface area (Å²) in [5.41, 5.74) is 0.624. The summed E-state index contributed by atoms with van der Waals surface area (Å²) >= 11 is 12.0. The van der Waals surface area contributed by atoms with Crippen molar-refractivity contribution in [2.24, 2.45) is 0 Å². The maximum atomic E-state index is 13.9. The third-order valence-corrected chi connectivity index (χ3v) is 3.10. The minimum Gasteiger partial charge on any atom is -0.481 e. The van der Waals surface area contributed by atoms with Crippen LogP contribution in [0.5, 0.6) is 0 Å². The van der Waals surface area contributed by atoms with E-state index in [1.807, 2.05) is 0 Å². The molecule has 19 heavy (non-hydrogen) atoms. The number of halogens is 3. The first-order chi connectivity index (χ1) is 8.99. The van der Waals surface area contributed by atoms with Crippen molar-refractivity contribution in [2.75, 3.05) is 0 Å². The number of carboxylic acid groups (broad SMARTS) is 1. The van der Waals surface area contributed by atoms with Crippen LogP contribution in [0.2, 0.25) is 10.0 Å². The fourth-order valence-corrected chi connectivity index (χ4v) is 2.27. The van der Waals surface area contributed by atoms with E-state index in [2.05, 4.69) is 4.98 Å². The highest BCUT2D eigenvalue weighted by Crippen LogP contribution is 2.35. The third-order valence-electron chi connectivity index (χ3n) is 2.47. The molecule has 0 unspecified atom stereocenters. The molecule has 1 N–H and O–H groups in total.